The number of para-hydroxylation sites is 1. The van der Waals surface area contributed by atoms with Crippen molar-refractivity contribution in [3.63, 3.8) is 0 Å². The first kappa shape index (κ1) is 17.0. The Hall–Kier alpha value is -2.34. The molecule has 0 aliphatic carbocycles. The topological polar surface area (TPSA) is 65.4 Å². The summed E-state index contributed by atoms with van der Waals surface area (Å²) >= 11 is 0. The number of nitrogens with zero attached hydrogens (tertiary/aromatic N) is 2. The predicted octanol–water partition coefficient (Wildman–Crippen LogP) is 1.92. The summed E-state index contributed by atoms with van der Waals surface area (Å²) < 4.78 is 12.8. The van der Waals surface area contributed by atoms with Gasteiger partial charge in [0.15, 0.2) is 6.10 Å². The van der Waals surface area contributed by atoms with E-state index < -0.39 is 6.10 Å². The Labute approximate surface area is 136 Å². The Kier molecular flexibility index (Phi) is 6.17. The molecule has 1 N–H and O–H groups in total. The number of carbonyl (C=O) groups is 1. The second-order valence-electron chi connectivity index (χ2n) is 5.26. The lowest BCUT2D eigenvalue weighted by Crippen LogP contribution is -2.38. The molecule has 2 rings (SSSR count). The molecule has 23 heavy (non-hydrogen) atoms. The summed E-state index contributed by atoms with van der Waals surface area (Å²) in [5, 5.41) is 2.88. The zero-order valence-electron chi connectivity index (χ0n) is 13.8. The molecule has 0 spiro atoms. The Morgan fingerprint density at radius 3 is 2.78 bits per heavy atom. The van der Waals surface area contributed by atoms with Crippen molar-refractivity contribution in [3.05, 3.63) is 48.0 Å². The molecule has 6 heteroatoms. The van der Waals surface area contributed by atoms with Gasteiger partial charge in [0, 0.05) is 32.1 Å². The normalized spacial score (nSPS) is 12.0. The maximum absolute atomic E-state index is 12.1. The highest BCUT2D eigenvalue weighted by molar-refractivity contribution is 5.80. The van der Waals surface area contributed by atoms with Gasteiger partial charge in [-0.15, -0.1) is 0 Å². The molecule has 0 bridgehead atoms. The fraction of sp³-hybridized carbons (Fsp3) is 0.412. The van der Waals surface area contributed by atoms with Crippen LogP contribution in [0.25, 0.3) is 0 Å². The van der Waals surface area contributed by atoms with Crippen LogP contribution in [0.4, 0.5) is 0 Å². The van der Waals surface area contributed by atoms with Crippen molar-refractivity contribution >= 4 is 5.91 Å². The van der Waals surface area contributed by atoms with Crippen molar-refractivity contribution in [2.45, 2.75) is 33.1 Å². The zero-order chi connectivity index (χ0) is 16.7. The molecular weight excluding hydrogens is 294 g/mol. The van der Waals surface area contributed by atoms with Crippen molar-refractivity contribution in [3.8, 4) is 5.75 Å². The molecule has 2 aromatic rings. The van der Waals surface area contributed by atoms with Gasteiger partial charge < -0.3 is 19.4 Å². The maximum atomic E-state index is 12.1. The number of hydrogen-bond acceptors (Lipinski definition) is 4. The van der Waals surface area contributed by atoms with E-state index >= 15 is 0 Å². The van der Waals surface area contributed by atoms with Gasteiger partial charge in [0.1, 0.15) is 18.2 Å². The van der Waals surface area contributed by atoms with Crippen LogP contribution in [0, 0.1) is 6.92 Å². The summed E-state index contributed by atoms with van der Waals surface area (Å²) in [4.78, 5) is 16.4. The van der Waals surface area contributed by atoms with Gasteiger partial charge in [-0.25, -0.2) is 4.98 Å². The third-order valence-electron chi connectivity index (χ3n) is 3.47. The quantitative estimate of drug-likeness (QED) is 0.808. The number of nitrogens with one attached hydrogen (secondary N) is 1. The molecule has 1 atom stereocenters. The number of aromatic nitrogens is 2. The van der Waals surface area contributed by atoms with E-state index in [-0.39, 0.29) is 5.91 Å². The molecule has 1 amide bonds. The van der Waals surface area contributed by atoms with Crippen LogP contribution in [0.5, 0.6) is 5.75 Å². The second kappa shape index (κ2) is 8.33. The highest BCUT2D eigenvalue weighted by atomic mass is 16.5. The minimum atomic E-state index is -0.542. The van der Waals surface area contributed by atoms with Crippen LogP contribution >= 0.6 is 0 Å². The van der Waals surface area contributed by atoms with E-state index in [0.717, 1.165) is 11.5 Å². The molecule has 0 aliphatic rings. The lowest BCUT2D eigenvalue weighted by atomic mass is 10.3. The number of aryl methyl sites for hydroxylation is 1. The number of hydrogen-bond donors (Lipinski definition) is 1. The Morgan fingerprint density at radius 1 is 1.35 bits per heavy atom. The third-order valence-corrected chi connectivity index (χ3v) is 3.47. The van der Waals surface area contributed by atoms with Crippen molar-refractivity contribution in [2.75, 3.05) is 13.7 Å². The van der Waals surface area contributed by atoms with Gasteiger partial charge in [0.2, 0.25) is 0 Å². The molecule has 0 saturated heterocycles. The summed E-state index contributed by atoms with van der Waals surface area (Å²) in [6.45, 7) is 5.33. The molecule has 6 nitrogen and oxygen atoms in total. The minimum Gasteiger partial charge on any atom is -0.481 e. The van der Waals surface area contributed by atoms with Crippen LogP contribution in [0.3, 0.4) is 0 Å². The Bertz CT molecular complexity index is 625. The molecule has 1 aromatic heterocycles. The van der Waals surface area contributed by atoms with E-state index in [2.05, 4.69) is 10.3 Å². The number of carbonyl (C=O) groups excluding carboxylic acids is 1. The first-order valence-corrected chi connectivity index (χ1v) is 7.61. The van der Waals surface area contributed by atoms with E-state index in [1.54, 1.807) is 20.2 Å². The fourth-order valence-corrected chi connectivity index (χ4v) is 2.25. The number of imidazole rings is 1. The number of rotatable bonds is 8. The monoisotopic (exact) mass is 317 g/mol. The number of amides is 1. The van der Waals surface area contributed by atoms with Gasteiger partial charge in [-0.3, -0.25) is 4.79 Å². The van der Waals surface area contributed by atoms with Crippen molar-refractivity contribution in [1.29, 1.82) is 0 Å². The molecule has 1 unspecified atom stereocenters. The van der Waals surface area contributed by atoms with Crippen LogP contribution < -0.4 is 10.1 Å². The minimum absolute atomic E-state index is 0.139. The van der Waals surface area contributed by atoms with E-state index in [4.69, 9.17) is 9.47 Å². The lowest BCUT2D eigenvalue weighted by Gasteiger charge is -2.15. The largest absolute Gasteiger partial charge is 0.481 e. The fourth-order valence-electron chi connectivity index (χ4n) is 2.25. The standard InChI is InChI=1S/C17H23N3O3/c1-13-11-19-16(12-22-3)20(13)10-9-18-17(21)14(2)23-15-7-5-4-6-8-15/h4-8,11,14H,9-10,12H2,1-3H3,(H,18,21). The van der Waals surface area contributed by atoms with Crippen molar-refractivity contribution in [1.82, 2.24) is 14.9 Å². The van der Waals surface area contributed by atoms with Crippen LogP contribution in [-0.4, -0.2) is 35.2 Å². The smallest absolute Gasteiger partial charge is 0.260 e. The summed E-state index contributed by atoms with van der Waals surface area (Å²) in [5.41, 5.74) is 1.04. The van der Waals surface area contributed by atoms with Crippen LogP contribution in [0.1, 0.15) is 18.4 Å². The average Bonchev–Trinajstić information content (AvgIpc) is 2.89. The number of benzene rings is 1. The maximum Gasteiger partial charge on any atom is 0.260 e. The number of ether oxygens (including phenoxy) is 2. The molecule has 0 radical (unpaired) electrons. The highest BCUT2D eigenvalue weighted by Gasteiger charge is 2.14. The molecule has 1 aromatic carbocycles. The van der Waals surface area contributed by atoms with Crippen LogP contribution in [0.2, 0.25) is 0 Å². The highest BCUT2D eigenvalue weighted by Crippen LogP contribution is 2.10. The van der Waals surface area contributed by atoms with Crippen LogP contribution in [-0.2, 0) is 22.7 Å². The van der Waals surface area contributed by atoms with Gasteiger partial charge >= 0.3 is 0 Å². The van der Waals surface area contributed by atoms with E-state index in [1.807, 2.05) is 41.8 Å². The molecule has 124 valence electrons. The van der Waals surface area contributed by atoms with E-state index in [9.17, 15) is 4.79 Å². The summed E-state index contributed by atoms with van der Waals surface area (Å²) in [6.07, 6.45) is 1.26. The first-order valence-electron chi connectivity index (χ1n) is 7.61. The first-order chi connectivity index (χ1) is 11.1. The molecule has 0 fully saturated rings. The lowest BCUT2D eigenvalue weighted by molar-refractivity contribution is -0.127. The van der Waals surface area contributed by atoms with E-state index in [1.165, 1.54) is 0 Å². The summed E-state index contributed by atoms with van der Waals surface area (Å²) in [7, 11) is 1.64. The second-order valence-corrected chi connectivity index (χ2v) is 5.26. The Balaban J connectivity index is 1.81. The van der Waals surface area contributed by atoms with E-state index in [0.29, 0.717) is 25.4 Å². The van der Waals surface area contributed by atoms with Gasteiger partial charge in [-0.1, -0.05) is 18.2 Å². The third kappa shape index (κ3) is 4.82. The van der Waals surface area contributed by atoms with Crippen LogP contribution in [0.15, 0.2) is 36.5 Å². The van der Waals surface area contributed by atoms with Gasteiger partial charge in [-0.2, -0.15) is 0 Å². The zero-order valence-corrected chi connectivity index (χ0v) is 13.8. The van der Waals surface area contributed by atoms with Crippen molar-refractivity contribution < 1.29 is 14.3 Å². The van der Waals surface area contributed by atoms with Crippen molar-refractivity contribution in [2.24, 2.45) is 0 Å². The Morgan fingerprint density at radius 2 is 2.09 bits per heavy atom. The van der Waals surface area contributed by atoms with Gasteiger partial charge in [0.05, 0.1) is 0 Å². The molecule has 0 saturated carbocycles. The van der Waals surface area contributed by atoms with Gasteiger partial charge in [-0.05, 0) is 26.0 Å². The molecule has 0 aliphatic heterocycles. The number of methoxy groups -OCH3 is 1. The predicted molar refractivity (Wildman–Crippen MR) is 87.2 cm³/mol. The van der Waals surface area contributed by atoms with Gasteiger partial charge in [0.25, 0.3) is 5.91 Å². The summed E-state index contributed by atoms with van der Waals surface area (Å²) in [6, 6.07) is 9.31. The summed E-state index contributed by atoms with van der Waals surface area (Å²) in [5.74, 6) is 1.40. The molecule has 1 heterocycles. The molecular formula is C17H23N3O3. The SMILES string of the molecule is COCc1ncc(C)n1CCNC(=O)C(C)Oc1ccccc1. The average molecular weight is 317 g/mol.